The van der Waals surface area contributed by atoms with Crippen molar-refractivity contribution < 1.29 is 0 Å². The van der Waals surface area contributed by atoms with Crippen molar-refractivity contribution in [1.29, 1.82) is 0 Å². The molecular weight excluding hydrogens is 206 g/mol. The van der Waals surface area contributed by atoms with Gasteiger partial charge in [-0.1, -0.05) is 0 Å². The zero-order valence-electron chi connectivity index (χ0n) is 1.60. The maximum atomic E-state index is 3.22. The van der Waals surface area contributed by atoms with E-state index in [-0.39, 0.29) is 53.5 Å². The molecule has 0 unspecified atom stereocenters. The third-order valence-electron chi connectivity index (χ3n) is 0. The molecular formula is H5NaS2Sn. The van der Waals surface area contributed by atoms with Gasteiger partial charge in [0.1, 0.15) is 0 Å². The molecule has 4 heteroatoms. The standard InChI is InChI=1S/Na.H2S2.Sn.3H/c;1-2;;;;/h;1-2H;;;;. The van der Waals surface area contributed by atoms with E-state index in [1.807, 2.05) is 0 Å². The summed E-state index contributed by atoms with van der Waals surface area (Å²) in [5.74, 6) is 0. The van der Waals surface area contributed by atoms with Crippen LogP contribution in [0, 0.1) is 0 Å². The molecule has 0 rings (SSSR count). The van der Waals surface area contributed by atoms with Gasteiger partial charge in [-0.3, -0.25) is 0 Å². The molecule has 0 heterocycles. The molecule has 2 radical (unpaired) electrons. The summed E-state index contributed by atoms with van der Waals surface area (Å²) in [6.07, 6.45) is 0. The van der Waals surface area contributed by atoms with E-state index in [1.165, 1.54) is 0 Å². The molecule has 0 aromatic heterocycles. The molecule has 0 aliphatic carbocycles. The summed E-state index contributed by atoms with van der Waals surface area (Å²) in [6, 6.07) is 0. The first-order valence-electron chi connectivity index (χ1n) is 0.200. The van der Waals surface area contributed by atoms with Gasteiger partial charge >= 0.3 is 53.5 Å². The van der Waals surface area contributed by atoms with E-state index in [4.69, 9.17) is 0 Å². The summed E-state index contributed by atoms with van der Waals surface area (Å²) in [6.45, 7) is 0. The van der Waals surface area contributed by atoms with Crippen LogP contribution in [0.15, 0.2) is 0 Å². The van der Waals surface area contributed by atoms with Crippen LogP contribution in [0.4, 0.5) is 0 Å². The van der Waals surface area contributed by atoms with E-state index in [2.05, 4.69) is 23.3 Å². The molecule has 0 saturated heterocycles. The summed E-state index contributed by atoms with van der Waals surface area (Å²) in [5.41, 5.74) is 0. The van der Waals surface area contributed by atoms with Crippen molar-refractivity contribution in [1.82, 2.24) is 0 Å². The number of hydrogen-bond acceptors (Lipinski definition) is 2. The van der Waals surface area contributed by atoms with E-state index in [0.717, 1.165) is 0 Å². The quantitative estimate of drug-likeness (QED) is 0.292. The van der Waals surface area contributed by atoms with E-state index in [0.29, 0.717) is 0 Å². The van der Waals surface area contributed by atoms with Crippen LogP contribution in [0.3, 0.4) is 0 Å². The van der Waals surface area contributed by atoms with Gasteiger partial charge in [0.25, 0.3) is 0 Å². The van der Waals surface area contributed by atoms with Crippen molar-refractivity contribution in [3.8, 4) is 0 Å². The van der Waals surface area contributed by atoms with Gasteiger partial charge in [0.15, 0.2) is 0 Å². The summed E-state index contributed by atoms with van der Waals surface area (Å²) in [4.78, 5) is 0. The molecule has 0 N–H and O–H groups in total. The van der Waals surface area contributed by atoms with Gasteiger partial charge in [-0.15, -0.1) is 23.3 Å². The molecule has 0 atom stereocenters. The maximum absolute atomic E-state index is 3.22. The Morgan fingerprint density at radius 3 is 1.00 bits per heavy atom. The van der Waals surface area contributed by atoms with Crippen LogP contribution in [-0.4, -0.2) is 53.5 Å². The number of hydrogen-bond donors (Lipinski definition) is 2. The van der Waals surface area contributed by atoms with Gasteiger partial charge in [0, 0.05) is 0 Å². The van der Waals surface area contributed by atoms with Crippen LogP contribution >= 0.6 is 23.3 Å². The van der Waals surface area contributed by atoms with Gasteiger partial charge in [-0.25, -0.2) is 0 Å². The van der Waals surface area contributed by atoms with E-state index < -0.39 is 0 Å². The fourth-order valence-corrected chi connectivity index (χ4v) is 0. The molecule has 0 fully saturated rings. The first-order chi connectivity index (χ1) is 1.00. The molecule has 0 nitrogen and oxygen atoms in total. The van der Waals surface area contributed by atoms with Gasteiger partial charge in [-0.05, 0) is 0 Å². The van der Waals surface area contributed by atoms with Crippen molar-refractivity contribution in [3.63, 3.8) is 0 Å². The molecule has 0 aliphatic heterocycles. The molecule has 0 aliphatic rings. The number of thiol groups is 2. The van der Waals surface area contributed by atoms with Crippen molar-refractivity contribution in [2.24, 2.45) is 0 Å². The fourth-order valence-electron chi connectivity index (χ4n) is 0. The fraction of sp³-hybridized carbons (Fsp3) is 0. The Bertz CT molecular complexity index is 6.00. The predicted molar refractivity (Wildman–Crippen MR) is 33.7 cm³/mol. The SMILES string of the molecule is SS.[NaH].[SnH2]. The molecule has 4 heavy (non-hydrogen) atoms. The van der Waals surface area contributed by atoms with E-state index >= 15 is 0 Å². The normalized spacial score (nSPS) is 1.50. The first kappa shape index (κ1) is 16.1. The molecule has 0 aromatic carbocycles. The molecule has 22 valence electrons. The topological polar surface area (TPSA) is 0 Å². The summed E-state index contributed by atoms with van der Waals surface area (Å²) >= 11 is 6.44. The third kappa shape index (κ3) is 8.82. The monoisotopic (exact) mass is 212 g/mol. The molecule has 0 bridgehead atoms. The molecule has 0 aromatic rings. The first-order valence-corrected chi connectivity index (χ1v) is 1.80. The van der Waals surface area contributed by atoms with Crippen LogP contribution < -0.4 is 0 Å². The molecule has 0 amide bonds. The Kier molecular flexibility index (Phi) is 71.5. The van der Waals surface area contributed by atoms with Gasteiger partial charge < -0.3 is 0 Å². The van der Waals surface area contributed by atoms with Crippen molar-refractivity contribution >= 4 is 76.8 Å². The average Bonchev–Trinajstić information content (AvgIpc) is 1.00. The minimum atomic E-state index is 0. The zero-order valence-corrected chi connectivity index (χ0v) is 7.43. The minimum absolute atomic E-state index is 0. The van der Waals surface area contributed by atoms with Crippen LogP contribution in [0.2, 0.25) is 0 Å². The van der Waals surface area contributed by atoms with Gasteiger partial charge in [0.2, 0.25) is 0 Å². The average molecular weight is 211 g/mol. The Morgan fingerprint density at radius 2 is 1.00 bits per heavy atom. The second kappa shape index (κ2) is 17.8. The second-order valence-corrected chi connectivity index (χ2v) is 0. The second-order valence-electron chi connectivity index (χ2n) is 0. The van der Waals surface area contributed by atoms with Crippen molar-refractivity contribution in [3.05, 3.63) is 0 Å². The van der Waals surface area contributed by atoms with Crippen molar-refractivity contribution in [2.45, 2.75) is 0 Å². The van der Waals surface area contributed by atoms with Crippen LogP contribution in [0.1, 0.15) is 0 Å². The molecule has 0 spiro atoms. The zero-order chi connectivity index (χ0) is 2.00. The van der Waals surface area contributed by atoms with Gasteiger partial charge in [0.05, 0.1) is 0 Å². The summed E-state index contributed by atoms with van der Waals surface area (Å²) < 4.78 is 0. The van der Waals surface area contributed by atoms with E-state index in [9.17, 15) is 0 Å². The summed E-state index contributed by atoms with van der Waals surface area (Å²) in [7, 11) is 0. The third-order valence-corrected chi connectivity index (χ3v) is 0. The summed E-state index contributed by atoms with van der Waals surface area (Å²) in [5, 5.41) is 0. The Hall–Kier alpha value is 2.50. The van der Waals surface area contributed by atoms with Gasteiger partial charge in [-0.2, -0.15) is 0 Å². The van der Waals surface area contributed by atoms with Crippen LogP contribution in [0.5, 0.6) is 0 Å². The predicted octanol–water partition coefficient (Wildman–Crippen LogP) is -0.804. The van der Waals surface area contributed by atoms with Crippen LogP contribution in [0.25, 0.3) is 0 Å². The number of rotatable bonds is 0. The van der Waals surface area contributed by atoms with Crippen LogP contribution in [-0.2, 0) is 0 Å². The molecule has 0 saturated carbocycles. The Labute approximate surface area is 75.6 Å². The Morgan fingerprint density at radius 1 is 1.00 bits per heavy atom. The van der Waals surface area contributed by atoms with E-state index in [1.54, 1.807) is 0 Å². The Balaban J connectivity index is -0.00000000500. The van der Waals surface area contributed by atoms with Crippen molar-refractivity contribution in [2.75, 3.05) is 0 Å².